The van der Waals surface area contributed by atoms with Crippen LogP contribution < -0.4 is 9.62 Å². The van der Waals surface area contributed by atoms with Crippen LogP contribution in [0.3, 0.4) is 0 Å². The van der Waals surface area contributed by atoms with Crippen molar-refractivity contribution in [2.75, 3.05) is 25.5 Å². The molecule has 1 unspecified atom stereocenters. The van der Waals surface area contributed by atoms with Crippen LogP contribution in [0.1, 0.15) is 34.8 Å². The zero-order chi connectivity index (χ0) is 22.3. The van der Waals surface area contributed by atoms with Crippen LogP contribution in [0.5, 0.6) is 0 Å². The molecule has 0 saturated carbocycles. The molecule has 0 spiro atoms. The summed E-state index contributed by atoms with van der Waals surface area (Å²) in [5.74, 6) is -1.79. The van der Waals surface area contributed by atoms with Crippen LogP contribution in [0.4, 0.5) is 14.5 Å². The molecule has 8 nitrogen and oxygen atoms in total. The molecule has 4 rings (SSSR count). The molecule has 0 bridgehead atoms. The topological polar surface area (TPSA) is 87.0 Å². The number of carbonyl (C=O) groups is 1. The van der Waals surface area contributed by atoms with E-state index in [0.29, 0.717) is 24.2 Å². The molecule has 1 aliphatic rings. The minimum Gasteiger partial charge on any atom is -0.364 e. The number of aromatic nitrogens is 2. The lowest BCUT2D eigenvalue weighted by Gasteiger charge is -2.27. The Morgan fingerprint density at radius 3 is 2.74 bits per heavy atom. The van der Waals surface area contributed by atoms with Crippen molar-refractivity contribution in [1.82, 2.24) is 18.6 Å². The van der Waals surface area contributed by atoms with Crippen LogP contribution in [-0.4, -0.2) is 48.9 Å². The maximum atomic E-state index is 14.4. The molecule has 164 valence electrons. The highest BCUT2D eigenvalue weighted by Gasteiger charge is 2.29. The van der Waals surface area contributed by atoms with Crippen LogP contribution in [-0.2, 0) is 10.2 Å². The SMILES string of the molecule is CN(C)S(=O)(=O)NC(=O)c1cnn2ccc(N3CCCC3c3cc(F)ccc3F)cc12. The van der Waals surface area contributed by atoms with Crippen LogP contribution in [0.2, 0.25) is 0 Å². The second-order valence-electron chi connectivity index (χ2n) is 7.51. The number of nitrogens with one attached hydrogen (secondary N) is 1. The van der Waals surface area contributed by atoms with Crippen molar-refractivity contribution in [3.63, 3.8) is 0 Å². The first-order valence-corrected chi connectivity index (χ1v) is 11.0. The number of halogens is 2. The summed E-state index contributed by atoms with van der Waals surface area (Å²) in [5, 5.41) is 4.10. The van der Waals surface area contributed by atoms with Gasteiger partial charge in [-0.05, 0) is 43.2 Å². The van der Waals surface area contributed by atoms with Gasteiger partial charge in [-0.1, -0.05) is 0 Å². The molecule has 11 heteroatoms. The standard InChI is InChI=1S/C20H21F2N5O3S/c1-25(2)31(29,30)24-20(28)16-12-23-27-9-7-14(11-19(16)27)26-8-3-4-18(26)15-10-13(21)5-6-17(15)22/h5-7,9-12,18H,3-4,8H2,1-2H3,(H,24,28). The first-order valence-electron chi connectivity index (χ1n) is 9.61. The van der Waals surface area contributed by atoms with Gasteiger partial charge in [0.05, 0.1) is 23.3 Å². The molecule has 31 heavy (non-hydrogen) atoms. The number of rotatable bonds is 5. The van der Waals surface area contributed by atoms with Gasteiger partial charge in [0.25, 0.3) is 5.91 Å². The van der Waals surface area contributed by atoms with E-state index in [1.54, 1.807) is 18.3 Å². The second kappa shape index (κ2) is 7.89. The molecule has 1 atom stereocenters. The molecule has 3 heterocycles. The highest BCUT2D eigenvalue weighted by Crippen LogP contribution is 2.38. The molecule has 3 aromatic rings. The van der Waals surface area contributed by atoms with E-state index in [1.807, 2.05) is 9.62 Å². The van der Waals surface area contributed by atoms with Crippen molar-refractivity contribution in [2.24, 2.45) is 0 Å². The van der Waals surface area contributed by atoms with E-state index in [2.05, 4.69) is 5.10 Å². The van der Waals surface area contributed by atoms with E-state index in [4.69, 9.17) is 0 Å². The number of amides is 1. The predicted octanol–water partition coefficient (Wildman–Crippen LogP) is 2.49. The van der Waals surface area contributed by atoms with E-state index >= 15 is 0 Å². The van der Waals surface area contributed by atoms with E-state index in [9.17, 15) is 22.0 Å². The fourth-order valence-corrected chi connectivity index (χ4v) is 4.28. The van der Waals surface area contributed by atoms with Crippen molar-refractivity contribution in [2.45, 2.75) is 18.9 Å². The highest BCUT2D eigenvalue weighted by molar-refractivity contribution is 7.87. The summed E-state index contributed by atoms with van der Waals surface area (Å²) >= 11 is 0. The lowest BCUT2D eigenvalue weighted by molar-refractivity contribution is 0.0981. The van der Waals surface area contributed by atoms with E-state index in [1.165, 1.54) is 30.9 Å². The minimum absolute atomic E-state index is 0.0833. The van der Waals surface area contributed by atoms with Gasteiger partial charge >= 0.3 is 10.2 Å². The second-order valence-corrected chi connectivity index (χ2v) is 9.39. The monoisotopic (exact) mass is 449 g/mol. The first kappa shape index (κ1) is 21.2. The Kier molecular flexibility index (Phi) is 5.40. The summed E-state index contributed by atoms with van der Waals surface area (Å²) < 4.78 is 56.5. The van der Waals surface area contributed by atoms with Crippen molar-refractivity contribution in [3.05, 3.63) is 65.5 Å². The number of carbonyl (C=O) groups excluding carboxylic acids is 1. The quantitative estimate of drug-likeness (QED) is 0.647. The smallest absolute Gasteiger partial charge is 0.303 e. The number of benzene rings is 1. The van der Waals surface area contributed by atoms with E-state index in [-0.39, 0.29) is 17.2 Å². The molecule has 1 saturated heterocycles. The Hall–Kier alpha value is -3.05. The van der Waals surface area contributed by atoms with Crippen molar-refractivity contribution in [3.8, 4) is 0 Å². The Balaban J connectivity index is 1.70. The van der Waals surface area contributed by atoms with Crippen molar-refractivity contribution < 1.29 is 22.0 Å². The number of hydrogen-bond acceptors (Lipinski definition) is 5. The molecule has 0 aliphatic carbocycles. The van der Waals surface area contributed by atoms with Gasteiger partial charge in [0, 0.05) is 38.1 Å². The summed E-state index contributed by atoms with van der Waals surface area (Å²) in [5.41, 5.74) is 1.46. The predicted molar refractivity (Wildman–Crippen MR) is 111 cm³/mol. The molecule has 1 fully saturated rings. The Bertz CT molecular complexity index is 1260. The average molecular weight is 449 g/mol. The first-order chi connectivity index (χ1) is 14.7. The summed E-state index contributed by atoms with van der Waals surface area (Å²) in [6.07, 6.45) is 4.37. The number of fused-ring (bicyclic) bond motifs is 1. The van der Waals surface area contributed by atoms with E-state index < -0.39 is 27.8 Å². The van der Waals surface area contributed by atoms with Gasteiger partial charge in [0.1, 0.15) is 11.6 Å². The normalized spacial score (nSPS) is 16.9. The van der Waals surface area contributed by atoms with Crippen LogP contribution in [0, 0.1) is 11.6 Å². The fourth-order valence-electron chi connectivity index (χ4n) is 3.76. The maximum absolute atomic E-state index is 14.4. The molecule has 2 aromatic heterocycles. The van der Waals surface area contributed by atoms with Gasteiger partial charge in [-0.25, -0.2) is 18.0 Å². The summed E-state index contributed by atoms with van der Waals surface area (Å²) in [6.45, 7) is 0.626. The van der Waals surface area contributed by atoms with E-state index in [0.717, 1.165) is 22.9 Å². The molecular formula is C20H21F2N5O3S. The number of pyridine rings is 1. The van der Waals surface area contributed by atoms with Gasteiger partial charge in [0.15, 0.2) is 0 Å². The average Bonchev–Trinajstić information content (AvgIpc) is 3.35. The van der Waals surface area contributed by atoms with Gasteiger partial charge in [-0.2, -0.15) is 17.8 Å². The van der Waals surface area contributed by atoms with Gasteiger partial charge in [-0.3, -0.25) is 4.79 Å². The Morgan fingerprint density at radius 1 is 1.23 bits per heavy atom. The third-order valence-electron chi connectivity index (χ3n) is 5.35. The molecule has 1 amide bonds. The van der Waals surface area contributed by atoms with Crippen LogP contribution in [0.25, 0.3) is 5.52 Å². The number of hydrogen-bond donors (Lipinski definition) is 1. The zero-order valence-corrected chi connectivity index (χ0v) is 17.7. The Labute approximate surface area is 178 Å². The van der Waals surface area contributed by atoms with Gasteiger partial charge in [0.2, 0.25) is 0 Å². The number of nitrogens with zero attached hydrogens (tertiary/aromatic N) is 4. The minimum atomic E-state index is -3.96. The number of anilines is 1. The molecule has 1 aromatic carbocycles. The van der Waals surface area contributed by atoms with Crippen molar-refractivity contribution >= 4 is 27.3 Å². The van der Waals surface area contributed by atoms with Crippen LogP contribution in [0.15, 0.2) is 42.7 Å². The summed E-state index contributed by atoms with van der Waals surface area (Å²) in [4.78, 5) is 14.5. The molecule has 1 N–H and O–H groups in total. The van der Waals surface area contributed by atoms with Crippen molar-refractivity contribution in [1.29, 1.82) is 0 Å². The summed E-state index contributed by atoms with van der Waals surface area (Å²) in [7, 11) is -1.35. The largest absolute Gasteiger partial charge is 0.364 e. The Morgan fingerprint density at radius 2 is 2.00 bits per heavy atom. The lowest BCUT2D eigenvalue weighted by atomic mass is 10.0. The third kappa shape index (κ3) is 3.98. The molecular weight excluding hydrogens is 428 g/mol. The molecule has 1 aliphatic heterocycles. The summed E-state index contributed by atoms with van der Waals surface area (Å²) in [6, 6.07) is 6.53. The van der Waals surface area contributed by atoms with Gasteiger partial charge < -0.3 is 4.90 Å². The maximum Gasteiger partial charge on any atom is 0.303 e. The zero-order valence-electron chi connectivity index (χ0n) is 16.9. The third-order valence-corrected chi connectivity index (χ3v) is 6.76. The lowest BCUT2D eigenvalue weighted by Crippen LogP contribution is -2.39. The molecule has 0 radical (unpaired) electrons. The highest BCUT2D eigenvalue weighted by atomic mass is 32.2. The van der Waals surface area contributed by atoms with Gasteiger partial charge in [-0.15, -0.1) is 0 Å². The van der Waals surface area contributed by atoms with Crippen LogP contribution >= 0.6 is 0 Å². The fraction of sp³-hybridized carbons (Fsp3) is 0.300.